The number of carbonyl (C=O) groups is 1. The first kappa shape index (κ1) is 21.2. The van der Waals surface area contributed by atoms with Gasteiger partial charge in [0.1, 0.15) is 17.2 Å². The molecule has 8 heteroatoms. The van der Waals surface area contributed by atoms with Crippen LogP contribution in [0, 0.1) is 5.92 Å². The van der Waals surface area contributed by atoms with Crippen LogP contribution in [0.25, 0.3) is 0 Å². The number of rotatable bonds is 8. The summed E-state index contributed by atoms with van der Waals surface area (Å²) >= 11 is 3.30. The number of methoxy groups -OCH3 is 1. The second-order valence-corrected chi connectivity index (χ2v) is 9.09. The molecule has 0 heterocycles. The molecule has 0 unspecified atom stereocenters. The first-order valence-corrected chi connectivity index (χ1v) is 10.7. The Hall–Kier alpha value is -2.06. The molecule has 1 N–H and O–H groups in total. The number of nitrogens with one attached hydrogen (secondary N) is 1. The van der Waals surface area contributed by atoms with Gasteiger partial charge in [-0.1, -0.05) is 48.0 Å². The molecule has 146 valence electrons. The highest BCUT2D eigenvalue weighted by molar-refractivity contribution is 9.10. The van der Waals surface area contributed by atoms with Crippen molar-refractivity contribution >= 4 is 37.5 Å². The van der Waals surface area contributed by atoms with E-state index in [1.54, 1.807) is 42.5 Å². The van der Waals surface area contributed by atoms with Gasteiger partial charge in [-0.05, 0) is 36.2 Å². The lowest BCUT2D eigenvalue weighted by Crippen LogP contribution is -2.41. The Morgan fingerprint density at radius 1 is 1.19 bits per heavy atom. The van der Waals surface area contributed by atoms with Crippen LogP contribution in [0.15, 0.2) is 57.9 Å². The fourth-order valence-corrected chi connectivity index (χ4v) is 4.50. The first-order chi connectivity index (χ1) is 12.8. The average molecular weight is 455 g/mol. The zero-order valence-corrected chi connectivity index (χ0v) is 17.9. The number of anilines is 1. The summed E-state index contributed by atoms with van der Waals surface area (Å²) in [6, 6.07) is 13.3. The maximum Gasteiger partial charge on any atom is 0.268 e. The van der Waals surface area contributed by atoms with E-state index in [-0.39, 0.29) is 29.0 Å². The van der Waals surface area contributed by atoms with Crippen LogP contribution in [0.3, 0.4) is 0 Å². The van der Waals surface area contributed by atoms with E-state index in [9.17, 15) is 13.2 Å². The lowest BCUT2D eigenvalue weighted by molar-refractivity contribution is -0.119. The van der Waals surface area contributed by atoms with Crippen LogP contribution < -0.4 is 14.4 Å². The Bertz CT molecular complexity index is 886. The normalized spacial score (nSPS) is 11.3. The van der Waals surface area contributed by atoms with Crippen LogP contribution in [-0.2, 0) is 14.8 Å². The van der Waals surface area contributed by atoms with Gasteiger partial charge in [0.15, 0.2) is 0 Å². The Kier molecular flexibility index (Phi) is 7.26. The number of ether oxygens (including phenoxy) is 1. The highest BCUT2D eigenvalue weighted by atomic mass is 79.9. The predicted molar refractivity (Wildman–Crippen MR) is 110 cm³/mol. The van der Waals surface area contributed by atoms with E-state index in [0.29, 0.717) is 16.7 Å². The first-order valence-electron chi connectivity index (χ1n) is 8.43. The maximum absolute atomic E-state index is 13.4. The van der Waals surface area contributed by atoms with E-state index in [1.165, 1.54) is 13.2 Å². The Morgan fingerprint density at radius 3 is 2.44 bits per heavy atom. The van der Waals surface area contributed by atoms with Crippen molar-refractivity contribution in [1.29, 1.82) is 0 Å². The highest BCUT2D eigenvalue weighted by Gasteiger charge is 2.30. The summed E-state index contributed by atoms with van der Waals surface area (Å²) in [5.74, 6) is 0.104. The van der Waals surface area contributed by atoms with Crippen molar-refractivity contribution in [2.45, 2.75) is 18.7 Å². The molecule has 27 heavy (non-hydrogen) atoms. The summed E-state index contributed by atoms with van der Waals surface area (Å²) in [5.41, 5.74) is 0.402. The SMILES string of the molecule is COc1ccc(Br)cc1S(=O)(=O)N(CC(=O)NCC(C)C)c1ccccc1. The van der Waals surface area contributed by atoms with E-state index in [2.05, 4.69) is 21.2 Å². The van der Waals surface area contributed by atoms with Crippen molar-refractivity contribution < 1.29 is 17.9 Å². The topological polar surface area (TPSA) is 75.7 Å². The lowest BCUT2D eigenvalue weighted by atomic mass is 10.2. The van der Waals surface area contributed by atoms with Crippen LogP contribution in [0.5, 0.6) is 5.75 Å². The molecule has 0 spiro atoms. The third kappa shape index (κ3) is 5.46. The van der Waals surface area contributed by atoms with Crippen LogP contribution in [-0.4, -0.2) is 34.5 Å². The molecule has 0 bridgehead atoms. The second-order valence-electron chi connectivity index (χ2n) is 6.34. The average Bonchev–Trinajstić information content (AvgIpc) is 2.65. The van der Waals surface area contributed by atoms with Gasteiger partial charge < -0.3 is 10.1 Å². The molecule has 0 atom stereocenters. The molecule has 0 fully saturated rings. The fraction of sp³-hybridized carbons (Fsp3) is 0.316. The summed E-state index contributed by atoms with van der Waals surface area (Å²) < 4.78 is 33.7. The number of sulfonamides is 1. The van der Waals surface area contributed by atoms with Gasteiger partial charge in [-0.25, -0.2) is 8.42 Å². The summed E-state index contributed by atoms with van der Waals surface area (Å²) in [6.45, 7) is 4.09. The van der Waals surface area contributed by atoms with E-state index in [4.69, 9.17) is 4.74 Å². The zero-order valence-electron chi connectivity index (χ0n) is 15.5. The minimum atomic E-state index is -4.04. The van der Waals surface area contributed by atoms with Gasteiger partial charge >= 0.3 is 0 Å². The standard InChI is InChI=1S/C19H23BrN2O4S/c1-14(2)12-21-19(23)13-22(16-7-5-4-6-8-16)27(24,25)18-11-15(20)9-10-17(18)26-3/h4-11,14H,12-13H2,1-3H3,(H,21,23). The third-order valence-corrected chi connectivity index (χ3v) is 6.02. The van der Waals surface area contributed by atoms with Gasteiger partial charge in [0, 0.05) is 11.0 Å². The Morgan fingerprint density at radius 2 is 1.85 bits per heavy atom. The summed E-state index contributed by atoms with van der Waals surface area (Å²) in [7, 11) is -2.63. The number of halogens is 1. The van der Waals surface area contributed by atoms with Crippen LogP contribution in [0.1, 0.15) is 13.8 Å². The number of para-hydroxylation sites is 1. The Balaban J connectivity index is 2.46. The van der Waals surface area contributed by atoms with Crippen molar-refractivity contribution in [3.8, 4) is 5.75 Å². The molecule has 0 aromatic heterocycles. The van der Waals surface area contributed by atoms with Crippen LogP contribution in [0.2, 0.25) is 0 Å². The molecule has 0 saturated heterocycles. The quantitative estimate of drug-likeness (QED) is 0.662. The molecule has 2 aromatic rings. The van der Waals surface area contributed by atoms with E-state index in [0.717, 1.165) is 4.31 Å². The molecule has 0 aliphatic heterocycles. The van der Waals surface area contributed by atoms with Crippen molar-refractivity contribution in [2.24, 2.45) is 5.92 Å². The van der Waals surface area contributed by atoms with Crippen molar-refractivity contribution in [3.05, 3.63) is 53.0 Å². The monoisotopic (exact) mass is 454 g/mol. The van der Waals surface area contributed by atoms with Gasteiger partial charge in [-0.2, -0.15) is 0 Å². The summed E-state index contributed by atoms with van der Waals surface area (Å²) in [6.07, 6.45) is 0. The smallest absolute Gasteiger partial charge is 0.268 e. The molecule has 0 radical (unpaired) electrons. The van der Waals surface area contributed by atoms with E-state index >= 15 is 0 Å². The van der Waals surface area contributed by atoms with Crippen molar-refractivity contribution in [1.82, 2.24) is 5.32 Å². The summed E-state index contributed by atoms with van der Waals surface area (Å²) in [4.78, 5) is 12.4. The third-order valence-electron chi connectivity index (χ3n) is 3.73. The van der Waals surface area contributed by atoms with Crippen LogP contribution >= 0.6 is 15.9 Å². The molecule has 6 nitrogen and oxygen atoms in total. The number of nitrogens with zero attached hydrogens (tertiary/aromatic N) is 1. The molecule has 0 aliphatic rings. The van der Waals surface area contributed by atoms with Crippen LogP contribution in [0.4, 0.5) is 5.69 Å². The molecular weight excluding hydrogens is 432 g/mol. The largest absolute Gasteiger partial charge is 0.495 e. The molecule has 1 amide bonds. The maximum atomic E-state index is 13.4. The zero-order chi connectivity index (χ0) is 20.0. The van der Waals surface area contributed by atoms with E-state index < -0.39 is 10.0 Å². The van der Waals surface area contributed by atoms with Crippen molar-refractivity contribution in [3.63, 3.8) is 0 Å². The number of hydrogen-bond acceptors (Lipinski definition) is 4. The number of hydrogen-bond donors (Lipinski definition) is 1. The highest BCUT2D eigenvalue weighted by Crippen LogP contribution is 2.32. The van der Waals surface area contributed by atoms with Gasteiger partial charge in [0.25, 0.3) is 10.0 Å². The minimum Gasteiger partial charge on any atom is -0.495 e. The number of amides is 1. The molecular formula is C19H23BrN2O4S. The van der Waals surface area contributed by atoms with Gasteiger partial charge in [0.05, 0.1) is 12.8 Å². The molecule has 2 rings (SSSR count). The fourth-order valence-electron chi connectivity index (χ4n) is 2.38. The van der Waals surface area contributed by atoms with E-state index in [1.807, 2.05) is 13.8 Å². The predicted octanol–water partition coefficient (Wildman–Crippen LogP) is 3.43. The molecule has 0 aliphatic carbocycles. The Labute approximate surface area is 168 Å². The molecule has 0 saturated carbocycles. The van der Waals surface area contributed by atoms with Gasteiger partial charge in [-0.15, -0.1) is 0 Å². The number of carbonyl (C=O) groups excluding carboxylic acids is 1. The molecule has 2 aromatic carbocycles. The van der Waals surface area contributed by atoms with Gasteiger partial charge in [-0.3, -0.25) is 9.10 Å². The van der Waals surface area contributed by atoms with Gasteiger partial charge in [0.2, 0.25) is 5.91 Å². The number of benzene rings is 2. The lowest BCUT2D eigenvalue weighted by Gasteiger charge is -2.25. The summed E-state index contributed by atoms with van der Waals surface area (Å²) in [5, 5.41) is 2.76. The minimum absolute atomic E-state index is 0.0140. The van der Waals surface area contributed by atoms with Crippen molar-refractivity contribution in [2.75, 3.05) is 24.5 Å². The second kappa shape index (κ2) is 9.23.